The lowest BCUT2D eigenvalue weighted by molar-refractivity contribution is -0.131. The minimum Gasteiger partial charge on any atom is -0.478 e. The van der Waals surface area contributed by atoms with E-state index in [1.54, 1.807) is 6.20 Å². The Kier molecular flexibility index (Phi) is 14.0. The summed E-state index contributed by atoms with van der Waals surface area (Å²) in [6.45, 7) is 0.492. The number of aromatic nitrogens is 1. The number of aldehydes is 2. The molecule has 2 aliphatic rings. The highest BCUT2D eigenvalue weighted by atomic mass is 16.5. The molecule has 6 atom stereocenters. The molecule has 0 saturated heterocycles. The highest BCUT2D eigenvalue weighted by molar-refractivity contribution is 5.86. The SMILES string of the molecule is NC1=NCCC(C(=CC(=O)O)C(CC2CCc3cc4ccc(CC=O)cc4cc3C2CCCC(N)CCC(C=O)CCC(O)O)[N-]c2ccc[nH]2)N1. The fourth-order valence-corrected chi connectivity index (χ4v) is 8.03. The summed E-state index contributed by atoms with van der Waals surface area (Å²) in [6.07, 6.45) is 11.2. The monoisotopic (exact) mass is 713 g/mol. The lowest BCUT2D eigenvalue weighted by atomic mass is 9.69. The number of nitrogens with two attached hydrogens (primary N) is 2. The van der Waals surface area contributed by atoms with Crippen LogP contribution in [0.2, 0.25) is 0 Å². The van der Waals surface area contributed by atoms with Gasteiger partial charge in [0.05, 0.1) is 6.04 Å². The maximum atomic E-state index is 12.3. The Morgan fingerprint density at radius 2 is 1.87 bits per heavy atom. The zero-order valence-electron chi connectivity index (χ0n) is 29.7. The Bertz CT molecular complexity index is 1710. The first-order valence-electron chi connectivity index (χ1n) is 18.5. The smallest absolute Gasteiger partial charge is 0.328 e. The van der Waals surface area contributed by atoms with Gasteiger partial charge in [0.15, 0.2) is 12.2 Å². The minimum atomic E-state index is -1.42. The van der Waals surface area contributed by atoms with Gasteiger partial charge in [-0.25, -0.2) is 4.79 Å². The number of H-pyrrole nitrogens is 1. The van der Waals surface area contributed by atoms with Crippen LogP contribution in [0.5, 0.6) is 0 Å². The maximum Gasteiger partial charge on any atom is 0.328 e. The number of carboxylic acids is 1. The summed E-state index contributed by atoms with van der Waals surface area (Å²) in [4.78, 5) is 42.6. The molecule has 52 heavy (non-hydrogen) atoms. The number of nitrogens with zero attached hydrogens (tertiary/aromatic N) is 2. The Labute approximate surface area is 305 Å². The van der Waals surface area contributed by atoms with Crippen molar-refractivity contribution in [2.45, 2.75) is 107 Å². The van der Waals surface area contributed by atoms with Crippen LogP contribution in [0.25, 0.3) is 16.1 Å². The van der Waals surface area contributed by atoms with Gasteiger partial charge in [-0.1, -0.05) is 60.9 Å². The molecule has 12 nitrogen and oxygen atoms in total. The van der Waals surface area contributed by atoms with E-state index in [4.69, 9.17) is 16.8 Å². The number of fused-ring (bicyclic) bond motifs is 2. The third-order valence-electron chi connectivity index (χ3n) is 10.7. The second-order valence-electron chi connectivity index (χ2n) is 14.4. The first kappa shape index (κ1) is 38.7. The molecular weight excluding hydrogens is 660 g/mol. The van der Waals surface area contributed by atoms with Crippen molar-refractivity contribution in [1.82, 2.24) is 10.3 Å². The molecule has 0 spiro atoms. The van der Waals surface area contributed by atoms with Crippen LogP contribution >= 0.6 is 0 Å². The van der Waals surface area contributed by atoms with Crippen molar-refractivity contribution in [3.05, 3.63) is 82.3 Å². The van der Waals surface area contributed by atoms with Crippen LogP contribution in [0.4, 0.5) is 5.82 Å². The van der Waals surface area contributed by atoms with Crippen molar-refractivity contribution in [3.63, 3.8) is 0 Å². The van der Waals surface area contributed by atoms with E-state index in [0.717, 1.165) is 61.0 Å². The summed E-state index contributed by atoms with van der Waals surface area (Å²) in [7, 11) is 0. The highest BCUT2D eigenvalue weighted by Crippen LogP contribution is 2.45. The molecule has 1 aliphatic heterocycles. The number of aryl methyl sites for hydroxylation is 1. The molecule has 12 heteroatoms. The Hall–Kier alpha value is -4.52. The molecule has 2 heterocycles. The topological polar surface area (TPSA) is 218 Å². The van der Waals surface area contributed by atoms with Crippen molar-refractivity contribution in [2.24, 2.45) is 28.3 Å². The number of aromatic amines is 1. The number of aliphatic carboxylic acids is 1. The summed E-state index contributed by atoms with van der Waals surface area (Å²) >= 11 is 0. The Morgan fingerprint density at radius 1 is 1.04 bits per heavy atom. The normalized spacial score (nSPS) is 20.7. The van der Waals surface area contributed by atoms with Crippen LogP contribution in [0.1, 0.15) is 86.8 Å². The van der Waals surface area contributed by atoms with Crippen LogP contribution in [0.15, 0.2) is 65.3 Å². The van der Waals surface area contributed by atoms with Crippen LogP contribution in [-0.4, -0.2) is 75.8 Å². The van der Waals surface area contributed by atoms with E-state index in [9.17, 15) is 29.7 Å². The van der Waals surface area contributed by atoms with Crippen LogP contribution in [0, 0.1) is 11.8 Å². The van der Waals surface area contributed by atoms with Crippen molar-refractivity contribution in [2.75, 3.05) is 6.54 Å². The molecule has 0 amide bonds. The van der Waals surface area contributed by atoms with Crippen LogP contribution in [-0.2, 0) is 27.2 Å². The molecule has 0 fully saturated rings. The van der Waals surface area contributed by atoms with Crippen molar-refractivity contribution in [1.29, 1.82) is 0 Å². The number of aliphatic hydroxyl groups excluding tert-OH is 1. The van der Waals surface area contributed by atoms with Crippen LogP contribution < -0.4 is 16.8 Å². The third-order valence-corrected chi connectivity index (χ3v) is 10.7. The van der Waals surface area contributed by atoms with Gasteiger partial charge in [0, 0.05) is 31.0 Å². The molecule has 0 bridgehead atoms. The summed E-state index contributed by atoms with van der Waals surface area (Å²) in [5.41, 5.74) is 16.9. The average Bonchev–Trinajstić information content (AvgIpc) is 3.63. The first-order chi connectivity index (χ1) is 25.1. The zero-order chi connectivity index (χ0) is 37.0. The molecule has 3 aromatic rings. The Balaban J connectivity index is 1.42. The van der Waals surface area contributed by atoms with E-state index < -0.39 is 18.3 Å². The van der Waals surface area contributed by atoms with Crippen molar-refractivity contribution in [3.8, 4) is 0 Å². The molecule has 9 N–H and O–H groups in total. The zero-order valence-corrected chi connectivity index (χ0v) is 29.7. The van der Waals surface area contributed by atoms with E-state index in [2.05, 4.69) is 39.6 Å². The van der Waals surface area contributed by atoms with E-state index in [-0.39, 0.29) is 36.3 Å². The number of carboxylic acid groups (broad SMARTS) is 1. The van der Waals surface area contributed by atoms with Gasteiger partial charge in [-0.2, -0.15) is 0 Å². The quantitative estimate of drug-likeness (QED) is 0.0481. The number of nitrogens with one attached hydrogen (secondary N) is 2. The van der Waals surface area contributed by atoms with E-state index in [1.165, 1.54) is 17.2 Å². The van der Waals surface area contributed by atoms with Gasteiger partial charge in [0.2, 0.25) is 0 Å². The molecule has 5 rings (SSSR count). The number of hydrogen-bond acceptors (Lipinski definition) is 9. The number of guanidine groups is 1. The lowest BCUT2D eigenvalue weighted by Crippen LogP contribution is -2.47. The average molecular weight is 714 g/mol. The molecule has 1 aromatic heterocycles. The molecule has 0 saturated carbocycles. The maximum absolute atomic E-state index is 12.3. The number of carbonyl (C=O) groups excluding carboxylic acids is 2. The standard InChI is InChI=1S/C40H53N6O6/c41-31(12-7-26(24-48)8-13-38(49)50)3-1-4-32-29(11-10-28-20-27-9-6-25(15-18-47)19-30(27)21-33(28)32)22-36(45-37-5-2-16-43-37)34(23-39(51)52)35-14-17-44-40(42)46-35/h2,5-6,9,16,18-21,23-24,26,29,31-32,35-36,38,43,49-50H,1,3-4,7-8,10-15,17,22,41H2,(H,51,52)(H3,42,44,46)/q-1. The number of aliphatic hydroxyl groups is 2. The van der Waals surface area contributed by atoms with E-state index >= 15 is 0 Å². The summed E-state index contributed by atoms with van der Waals surface area (Å²) in [5.74, 6) is 0.00697. The predicted octanol–water partition coefficient (Wildman–Crippen LogP) is 4.89. The highest BCUT2D eigenvalue weighted by Gasteiger charge is 2.34. The number of aliphatic imine (C=N–C) groups is 1. The molecule has 280 valence electrons. The van der Waals surface area contributed by atoms with E-state index in [0.29, 0.717) is 62.4 Å². The van der Waals surface area contributed by atoms with Crippen molar-refractivity contribution < 1.29 is 29.7 Å². The fourth-order valence-electron chi connectivity index (χ4n) is 8.03. The molecule has 6 unspecified atom stereocenters. The van der Waals surface area contributed by atoms with Crippen LogP contribution in [0.3, 0.4) is 0 Å². The summed E-state index contributed by atoms with van der Waals surface area (Å²) in [6, 6.07) is 13.6. The first-order valence-corrected chi connectivity index (χ1v) is 18.5. The lowest BCUT2D eigenvalue weighted by Gasteiger charge is -2.40. The van der Waals surface area contributed by atoms with Gasteiger partial charge in [-0.3, -0.25) is 4.99 Å². The van der Waals surface area contributed by atoms with Gasteiger partial charge in [-0.15, -0.1) is 0 Å². The number of rotatable bonds is 20. The second-order valence-corrected chi connectivity index (χ2v) is 14.4. The Morgan fingerprint density at radius 3 is 2.58 bits per heavy atom. The van der Waals surface area contributed by atoms with Gasteiger partial charge in [-0.05, 0) is 115 Å². The van der Waals surface area contributed by atoms with Gasteiger partial charge in [0.25, 0.3) is 0 Å². The largest absolute Gasteiger partial charge is 0.478 e. The minimum absolute atomic E-state index is 0.101. The number of hydrogen-bond donors (Lipinski definition) is 7. The van der Waals surface area contributed by atoms with Gasteiger partial charge < -0.3 is 52.0 Å². The second kappa shape index (κ2) is 18.8. The van der Waals surface area contributed by atoms with E-state index in [1.807, 2.05) is 18.2 Å². The number of benzene rings is 2. The third kappa shape index (κ3) is 10.8. The predicted molar refractivity (Wildman–Crippen MR) is 202 cm³/mol. The fraction of sp³-hybridized carbons (Fsp3) is 0.500. The molecule has 1 aliphatic carbocycles. The van der Waals surface area contributed by atoms with Crippen molar-refractivity contribution >= 4 is 41.1 Å². The molecule has 2 aromatic carbocycles. The van der Waals surface area contributed by atoms with Gasteiger partial charge in [0.1, 0.15) is 12.6 Å². The summed E-state index contributed by atoms with van der Waals surface area (Å²) < 4.78 is 0. The molecular formula is C40H53N6O6-. The molecule has 0 radical (unpaired) electrons. The van der Waals surface area contributed by atoms with Gasteiger partial charge >= 0.3 is 5.97 Å². The number of carbonyl (C=O) groups is 3. The summed E-state index contributed by atoms with van der Waals surface area (Å²) in [5, 5.41) is 39.0.